The van der Waals surface area contributed by atoms with Gasteiger partial charge in [-0.25, -0.2) is 0 Å². The summed E-state index contributed by atoms with van der Waals surface area (Å²) in [5, 5.41) is 11.5. The molecule has 20 heavy (non-hydrogen) atoms. The van der Waals surface area contributed by atoms with E-state index in [2.05, 4.69) is 24.2 Å². The zero-order valence-electron chi connectivity index (χ0n) is 9.73. The van der Waals surface area contributed by atoms with Gasteiger partial charge in [0.2, 0.25) is 5.89 Å². The Morgan fingerprint density at radius 1 is 1.15 bits per heavy atom. The summed E-state index contributed by atoms with van der Waals surface area (Å²) in [5.74, 6) is 0.851. The molecule has 2 aromatic rings. The maximum absolute atomic E-state index is 6.16. The maximum atomic E-state index is 6.16. The lowest BCUT2D eigenvalue weighted by Crippen LogP contribution is -1.92. The molecule has 0 spiro atoms. The smallest absolute Gasteiger partial charge is 0.320 e. The van der Waals surface area contributed by atoms with Crippen molar-refractivity contribution in [3.05, 3.63) is 22.0 Å². The Morgan fingerprint density at radius 2 is 1.95 bits per heavy atom. The fourth-order valence-electron chi connectivity index (χ4n) is 1.59. The second kappa shape index (κ2) is 5.69. The Labute approximate surface area is 132 Å². The number of nitrogens with zero attached hydrogens (tertiary/aromatic N) is 4. The number of hydrogen-bond acceptors (Lipinski definition) is 6. The predicted octanol–water partition coefficient (Wildman–Crippen LogP) is 4.63. The Kier molecular flexibility index (Phi) is 3.93. The van der Waals surface area contributed by atoms with Crippen LogP contribution in [0.2, 0.25) is 10.0 Å². The van der Waals surface area contributed by atoms with E-state index in [-0.39, 0.29) is 6.01 Å². The summed E-state index contributed by atoms with van der Waals surface area (Å²) in [6.45, 7) is 0. The molecule has 10 heteroatoms. The number of halogens is 3. The Balaban J connectivity index is 1.95. The summed E-state index contributed by atoms with van der Waals surface area (Å²) in [5.41, 5.74) is 1.66. The van der Waals surface area contributed by atoms with Gasteiger partial charge < -0.3 is 9.73 Å². The molecule has 1 aliphatic rings. The summed E-state index contributed by atoms with van der Waals surface area (Å²) in [6, 6.07) is 1.80. The lowest BCUT2D eigenvalue weighted by Gasteiger charge is -2.08. The Bertz CT molecular complexity index is 741. The average molecular weight is 351 g/mol. The van der Waals surface area contributed by atoms with E-state index >= 15 is 0 Å². The number of alkyl halides is 1. The highest BCUT2D eigenvalue weighted by atomic mass is 35.5. The van der Waals surface area contributed by atoms with Gasteiger partial charge >= 0.3 is 6.01 Å². The van der Waals surface area contributed by atoms with Crippen molar-refractivity contribution >= 4 is 69.2 Å². The van der Waals surface area contributed by atoms with Crippen LogP contribution in [0, 0.1) is 0 Å². The molecule has 0 amide bonds. The van der Waals surface area contributed by atoms with Gasteiger partial charge in [0.05, 0.1) is 27.1 Å². The number of benzene rings is 1. The van der Waals surface area contributed by atoms with Crippen molar-refractivity contribution in [3.8, 4) is 0 Å². The van der Waals surface area contributed by atoms with Crippen LogP contribution in [0.1, 0.15) is 5.89 Å². The zero-order valence-corrected chi connectivity index (χ0v) is 12.8. The highest BCUT2D eigenvalue weighted by Crippen LogP contribution is 2.48. The quantitative estimate of drug-likeness (QED) is 0.696. The van der Waals surface area contributed by atoms with Crippen molar-refractivity contribution in [2.24, 2.45) is 8.73 Å². The molecule has 1 aromatic carbocycles. The van der Waals surface area contributed by atoms with E-state index in [1.165, 1.54) is 0 Å². The molecule has 0 fully saturated rings. The first-order valence-corrected chi connectivity index (χ1v) is 7.46. The Hall–Kier alpha value is -1.15. The molecule has 0 unspecified atom stereocenters. The molecule has 0 atom stereocenters. The first kappa shape index (κ1) is 13.8. The summed E-state index contributed by atoms with van der Waals surface area (Å²) in [7, 11) is 0. The summed E-state index contributed by atoms with van der Waals surface area (Å²) in [6.07, 6.45) is 0.498. The summed E-state index contributed by atoms with van der Waals surface area (Å²) < 4.78 is 13.7. The minimum absolute atomic E-state index is 0.212. The van der Waals surface area contributed by atoms with E-state index < -0.39 is 0 Å². The van der Waals surface area contributed by atoms with Crippen molar-refractivity contribution < 1.29 is 4.42 Å². The van der Waals surface area contributed by atoms with Crippen molar-refractivity contribution in [2.75, 3.05) is 11.2 Å². The molecule has 2 heterocycles. The van der Waals surface area contributed by atoms with Crippen LogP contribution in [0.15, 0.2) is 19.2 Å². The van der Waals surface area contributed by atoms with E-state index in [1.807, 2.05) is 0 Å². The van der Waals surface area contributed by atoms with Crippen molar-refractivity contribution in [1.82, 2.24) is 10.2 Å². The van der Waals surface area contributed by atoms with E-state index in [0.717, 1.165) is 11.4 Å². The van der Waals surface area contributed by atoms with E-state index in [0.29, 0.717) is 45.3 Å². The number of aromatic nitrogens is 2. The van der Waals surface area contributed by atoms with Crippen LogP contribution in [0.4, 0.5) is 23.1 Å². The first-order valence-electron chi connectivity index (χ1n) is 5.44. The lowest BCUT2D eigenvalue weighted by atomic mass is 10.2. The minimum atomic E-state index is 0.212. The topological polar surface area (TPSA) is 75.7 Å². The number of hydrogen-bond donors (Lipinski definition) is 1. The molecular formula is C10H6Cl3N5OS. The van der Waals surface area contributed by atoms with Crippen molar-refractivity contribution in [2.45, 2.75) is 6.42 Å². The fourth-order valence-corrected chi connectivity index (χ4v) is 2.91. The normalized spacial score (nSPS) is 12.3. The van der Waals surface area contributed by atoms with Crippen LogP contribution in [-0.4, -0.2) is 16.1 Å². The van der Waals surface area contributed by atoms with Gasteiger partial charge in [0.15, 0.2) is 0 Å². The largest absolute Gasteiger partial charge is 0.408 e. The average Bonchev–Trinajstić information content (AvgIpc) is 3.04. The molecule has 6 nitrogen and oxygen atoms in total. The second-order valence-corrected chi connectivity index (χ2v) is 5.46. The Morgan fingerprint density at radius 3 is 2.75 bits per heavy atom. The van der Waals surface area contributed by atoms with Gasteiger partial charge in [-0.2, -0.15) is 8.73 Å². The van der Waals surface area contributed by atoms with Gasteiger partial charge in [-0.05, 0) is 6.07 Å². The number of rotatable bonds is 4. The highest BCUT2D eigenvalue weighted by molar-refractivity contribution is 7.58. The number of anilines is 2. The SMILES string of the molecule is ClCCc1nnc(Nc2c(Cl)cc(Cl)c3c2N=S=N3)o1. The molecule has 1 aliphatic heterocycles. The third-order valence-corrected chi connectivity index (χ3v) is 3.75. The van der Waals surface area contributed by atoms with Crippen molar-refractivity contribution in [1.29, 1.82) is 0 Å². The maximum Gasteiger partial charge on any atom is 0.320 e. The molecule has 0 aliphatic carbocycles. The predicted molar refractivity (Wildman–Crippen MR) is 80.0 cm³/mol. The van der Waals surface area contributed by atoms with Crippen LogP contribution in [0.5, 0.6) is 0 Å². The van der Waals surface area contributed by atoms with Crippen LogP contribution in [0.3, 0.4) is 0 Å². The van der Waals surface area contributed by atoms with Gasteiger partial charge in [-0.1, -0.05) is 28.3 Å². The lowest BCUT2D eigenvalue weighted by molar-refractivity contribution is 0.516. The van der Waals surface area contributed by atoms with Gasteiger partial charge in [0.1, 0.15) is 11.4 Å². The van der Waals surface area contributed by atoms with E-state index in [9.17, 15) is 0 Å². The monoisotopic (exact) mass is 349 g/mol. The molecule has 104 valence electrons. The second-order valence-electron chi connectivity index (χ2n) is 3.74. The number of aryl methyl sites for hydroxylation is 1. The highest BCUT2D eigenvalue weighted by Gasteiger charge is 2.20. The molecule has 0 saturated carbocycles. The molecule has 1 aromatic heterocycles. The number of fused-ring (bicyclic) bond motifs is 1. The molecule has 0 saturated heterocycles. The standard InChI is InChI=1S/C10H6Cl3N5OS/c11-2-1-6-15-16-10(19-6)14-7-4(12)3-5(13)8-9(7)18-20-17-8/h3H,1-2H2,(H,14,16). The summed E-state index contributed by atoms with van der Waals surface area (Å²) >= 11 is 18.9. The molecule has 3 rings (SSSR count). The molecular weight excluding hydrogens is 345 g/mol. The molecule has 0 bridgehead atoms. The van der Waals surface area contributed by atoms with Gasteiger partial charge in [0, 0.05) is 12.3 Å². The molecule has 1 N–H and O–H groups in total. The van der Waals surface area contributed by atoms with Gasteiger partial charge in [0.25, 0.3) is 0 Å². The fraction of sp³-hybridized carbons (Fsp3) is 0.200. The zero-order chi connectivity index (χ0) is 14.1. The van der Waals surface area contributed by atoms with Crippen molar-refractivity contribution in [3.63, 3.8) is 0 Å². The van der Waals surface area contributed by atoms with E-state index in [1.54, 1.807) is 6.07 Å². The third-order valence-electron chi connectivity index (χ3n) is 2.45. The minimum Gasteiger partial charge on any atom is -0.408 e. The summed E-state index contributed by atoms with van der Waals surface area (Å²) in [4.78, 5) is 0. The first-order chi connectivity index (χ1) is 9.69. The van der Waals surface area contributed by atoms with Crippen LogP contribution in [0.25, 0.3) is 0 Å². The number of nitrogens with one attached hydrogen (secondary N) is 1. The van der Waals surface area contributed by atoms with E-state index in [4.69, 9.17) is 39.2 Å². The third kappa shape index (κ3) is 2.54. The van der Waals surface area contributed by atoms with Gasteiger partial charge in [-0.15, -0.1) is 16.7 Å². The van der Waals surface area contributed by atoms with Gasteiger partial charge in [-0.3, -0.25) is 0 Å². The van der Waals surface area contributed by atoms with Crippen LogP contribution < -0.4 is 5.32 Å². The van der Waals surface area contributed by atoms with Crippen LogP contribution >= 0.6 is 34.8 Å². The van der Waals surface area contributed by atoms with Crippen LogP contribution in [-0.2, 0) is 17.8 Å². The molecule has 0 radical (unpaired) electrons.